The van der Waals surface area contributed by atoms with Crippen LogP contribution in [0.1, 0.15) is 24.1 Å². The number of rotatable bonds is 7. The van der Waals surface area contributed by atoms with Gasteiger partial charge in [0.25, 0.3) is 0 Å². The van der Waals surface area contributed by atoms with Crippen LogP contribution in [0.3, 0.4) is 0 Å². The highest BCUT2D eigenvalue weighted by atomic mass is 16.5. The largest absolute Gasteiger partial charge is 0.497 e. The summed E-state index contributed by atoms with van der Waals surface area (Å²) in [7, 11) is 3.41. The minimum absolute atomic E-state index is 0.215. The van der Waals surface area contributed by atoms with E-state index >= 15 is 0 Å². The van der Waals surface area contributed by atoms with Crippen molar-refractivity contribution in [1.82, 2.24) is 10.3 Å². The molecule has 0 spiro atoms. The second-order valence-corrected chi connectivity index (χ2v) is 7.19. The Balaban J connectivity index is 1.56. The number of benzene rings is 3. The van der Waals surface area contributed by atoms with Crippen LogP contribution in [-0.4, -0.2) is 19.2 Å². The van der Waals surface area contributed by atoms with E-state index in [4.69, 9.17) is 9.47 Å². The number of H-pyrrole nitrogens is 1. The second kappa shape index (κ2) is 8.41. The van der Waals surface area contributed by atoms with Gasteiger partial charge < -0.3 is 19.8 Å². The van der Waals surface area contributed by atoms with Gasteiger partial charge in [-0.15, -0.1) is 0 Å². The molecule has 0 aliphatic carbocycles. The normalized spacial score (nSPS) is 12.1. The van der Waals surface area contributed by atoms with Crippen LogP contribution in [0.15, 0.2) is 72.9 Å². The lowest BCUT2D eigenvalue weighted by atomic mass is 10.00. The Morgan fingerprint density at radius 3 is 2.66 bits per heavy atom. The lowest BCUT2D eigenvalue weighted by Gasteiger charge is -2.16. The highest BCUT2D eigenvalue weighted by Gasteiger charge is 2.10. The van der Waals surface area contributed by atoms with Crippen LogP contribution in [0.5, 0.6) is 11.5 Å². The molecule has 0 saturated heterocycles. The number of hydrogen-bond donors (Lipinski definition) is 2. The van der Waals surface area contributed by atoms with Crippen molar-refractivity contribution in [3.8, 4) is 22.6 Å². The van der Waals surface area contributed by atoms with Crippen LogP contribution in [0.4, 0.5) is 0 Å². The van der Waals surface area contributed by atoms with Gasteiger partial charge in [-0.3, -0.25) is 0 Å². The summed E-state index contributed by atoms with van der Waals surface area (Å²) in [5.74, 6) is 1.76. The molecule has 4 rings (SSSR count). The number of aromatic amines is 1. The van der Waals surface area contributed by atoms with E-state index in [1.54, 1.807) is 14.2 Å². The Hall–Kier alpha value is -3.24. The maximum absolute atomic E-state index is 5.63. The quantitative estimate of drug-likeness (QED) is 0.428. The Bertz CT molecular complexity index is 1120. The molecule has 0 saturated carbocycles. The smallest absolute Gasteiger partial charge is 0.126 e. The fourth-order valence-electron chi connectivity index (χ4n) is 3.61. The maximum atomic E-state index is 5.63. The molecule has 1 heterocycles. The van der Waals surface area contributed by atoms with Crippen LogP contribution < -0.4 is 14.8 Å². The molecule has 0 radical (unpaired) electrons. The Morgan fingerprint density at radius 1 is 0.931 bits per heavy atom. The zero-order chi connectivity index (χ0) is 20.2. The molecular weight excluding hydrogens is 360 g/mol. The third-order valence-electron chi connectivity index (χ3n) is 5.33. The Morgan fingerprint density at radius 2 is 1.83 bits per heavy atom. The highest BCUT2D eigenvalue weighted by Crippen LogP contribution is 2.33. The first-order valence-corrected chi connectivity index (χ1v) is 9.79. The van der Waals surface area contributed by atoms with E-state index in [0.717, 1.165) is 34.7 Å². The van der Waals surface area contributed by atoms with E-state index in [-0.39, 0.29) is 6.04 Å². The van der Waals surface area contributed by atoms with E-state index in [0.29, 0.717) is 0 Å². The molecule has 0 fully saturated rings. The molecule has 0 aliphatic heterocycles. The van der Waals surface area contributed by atoms with Gasteiger partial charge in [0.15, 0.2) is 0 Å². The predicted octanol–water partition coefficient (Wildman–Crippen LogP) is 5.70. The van der Waals surface area contributed by atoms with Crippen LogP contribution >= 0.6 is 0 Å². The van der Waals surface area contributed by atoms with E-state index in [9.17, 15) is 0 Å². The Kier molecular flexibility index (Phi) is 5.54. The molecule has 148 valence electrons. The zero-order valence-electron chi connectivity index (χ0n) is 17.0. The van der Waals surface area contributed by atoms with Crippen molar-refractivity contribution in [2.75, 3.05) is 14.2 Å². The van der Waals surface area contributed by atoms with Crippen molar-refractivity contribution >= 4 is 10.9 Å². The molecule has 4 aromatic rings. The summed E-state index contributed by atoms with van der Waals surface area (Å²) in [6, 6.07) is 23.3. The number of aromatic nitrogens is 1. The molecule has 3 aromatic carbocycles. The van der Waals surface area contributed by atoms with Crippen molar-refractivity contribution in [1.29, 1.82) is 0 Å². The number of fused-ring (bicyclic) bond motifs is 1. The van der Waals surface area contributed by atoms with E-state index in [1.165, 1.54) is 16.5 Å². The molecule has 4 nitrogen and oxygen atoms in total. The number of hydrogen-bond acceptors (Lipinski definition) is 3. The molecule has 29 heavy (non-hydrogen) atoms. The second-order valence-electron chi connectivity index (χ2n) is 7.19. The third-order valence-corrected chi connectivity index (χ3v) is 5.33. The van der Waals surface area contributed by atoms with Crippen LogP contribution in [0.2, 0.25) is 0 Å². The minimum Gasteiger partial charge on any atom is -0.497 e. The number of methoxy groups -OCH3 is 2. The first-order valence-electron chi connectivity index (χ1n) is 9.79. The lowest BCUT2D eigenvalue weighted by Crippen LogP contribution is -2.18. The summed E-state index contributed by atoms with van der Waals surface area (Å²) in [5.41, 5.74) is 5.80. The van der Waals surface area contributed by atoms with Crippen molar-refractivity contribution in [3.05, 3.63) is 84.1 Å². The number of ether oxygens (including phenoxy) is 2. The summed E-state index contributed by atoms with van der Waals surface area (Å²) < 4.78 is 11.0. The van der Waals surface area contributed by atoms with Gasteiger partial charge in [-0.05, 0) is 71.5 Å². The van der Waals surface area contributed by atoms with Crippen molar-refractivity contribution in [2.45, 2.75) is 19.5 Å². The average molecular weight is 386 g/mol. The van der Waals surface area contributed by atoms with Gasteiger partial charge in [-0.25, -0.2) is 0 Å². The van der Waals surface area contributed by atoms with Crippen LogP contribution in [0, 0.1) is 0 Å². The van der Waals surface area contributed by atoms with Gasteiger partial charge in [-0.1, -0.05) is 24.3 Å². The van der Waals surface area contributed by atoms with Gasteiger partial charge in [-0.2, -0.15) is 0 Å². The van der Waals surface area contributed by atoms with Crippen molar-refractivity contribution < 1.29 is 9.47 Å². The predicted molar refractivity (Wildman–Crippen MR) is 119 cm³/mol. The third kappa shape index (κ3) is 4.13. The molecular formula is C25H26N2O2. The standard InChI is InChI=1S/C25H26N2O2/c1-17(19-5-4-6-22(15-19)28-2)27-16-18-7-10-25(29-3)23(13-18)20-8-9-24-21(14-20)11-12-26-24/h4-15,17,26-27H,16H2,1-3H3. The Labute approximate surface area is 171 Å². The molecule has 0 aliphatic rings. The average Bonchev–Trinajstić information content (AvgIpc) is 3.25. The van der Waals surface area contributed by atoms with Crippen LogP contribution in [0.25, 0.3) is 22.0 Å². The summed E-state index contributed by atoms with van der Waals surface area (Å²) in [6.07, 6.45) is 1.96. The topological polar surface area (TPSA) is 46.3 Å². The summed E-state index contributed by atoms with van der Waals surface area (Å²) in [6.45, 7) is 2.93. The van der Waals surface area contributed by atoms with Gasteiger partial charge in [0.05, 0.1) is 14.2 Å². The SMILES string of the molecule is COc1cccc(C(C)NCc2ccc(OC)c(-c3ccc4[nH]ccc4c3)c2)c1. The molecule has 1 unspecified atom stereocenters. The van der Waals surface area contributed by atoms with E-state index in [2.05, 4.69) is 65.8 Å². The summed E-state index contributed by atoms with van der Waals surface area (Å²) >= 11 is 0. The molecule has 1 atom stereocenters. The lowest BCUT2D eigenvalue weighted by molar-refractivity contribution is 0.413. The van der Waals surface area contributed by atoms with E-state index < -0.39 is 0 Å². The first-order chi connectivity index (χ1) is 14.2. The van der Waals surface area contributed by atoms with E-state index in [1.807, 2.05) is 24.4 Å². The van der Waals surface area contributed by atoms with Crippen molar-refractivity contribution in [2.24, 2.45) is 0 Å². The minimum atomic E-state index is 0.215. The summed E-state index contributed by atoms with van der Waals surface area (Å²) in [5, 5.41) is 4.80. The molecule has 0 bridgehead atoms. The van der Waals surface area contributed by atoms with Gasteiger partial charge >= 0.3 is 0 Å². The molecule has 4 heteroatoms. The number of nitrogens with one attached hydrogen (secondary N) is 2. The molecule has 0 amide bonds. The van der Waals surface area contributed by atoms with Gasteiger partial charge in [0.1, 0.15) is 11.5 Å². The monoisotopic (exact) mass is 386 g/mol. The molecule has 1 aromatic heterocycles. The van der Waals surface area contributed by atoms with Gasteiger partial charge in [0.2, 0.25) is 0 Å². The fraction of sp³-hybridized carbons (Fsp3) is 0.200. The highest BCUT2D eigenvalue weighted by molar-refractivity contribution is 5.86. The molecule has 2 N–H and O–H groups in total. The zero-order valence-corrected chi connectivity index (χ0v) is 17.0. The maximum Gasteiger partial charge on any atom is 0.126 e. The fourth-order valence-corrected chi connectivity index (χ4v) is 3.61. The van der Waals surface area contributed by atoms with Gasteiger partial charge in [0, 0.05) is 29.9 Å². The van der Waals surface area contributed by atoms with Crippen molar-refractivity contribution in [3.63, 3.8) is 0 Å². The first kappa shape index (κ1) is 19.1. The summed E-state index contributed by atoms with van der Waals surface area (Å²) in [4.78, 5) is 3.24. The van der Waals surface area contributed by atoms with Crippen LogP contribution in [-0.2, 0) is 6.54 Å².